The van der Waals surface area contributed by atoms with Crippen LogP contribution in [0.25, 0.3) is 0 Å². The molecular weight excluding hydrogens is 550 g/mol. The molecule has 7 nitrogen and oxygen atoms in total. The summed E-state index contributed by atoms with van der Waals surface area (Å²) < 4.78 is 2.27. The van der Waals surface area contributed by atoms with Gasteiger partial charge in [0, 0.05) is 20.5 Å². The van der Waals surface area contributed by atoms with Gasteiger partial charge in [0.25, 0.3) is 0 Å². The number of amides is 3. The number of carbonyl (C=O) groups excluding carboxylic acids is 3. The first-order valence-electron chi connectivity index (χ1n) is 11.0. The number of halogens is 1. The molecule has 2 aliphatic rings. The van der Waals surface area contributed by atoms with Crippen molar-refractivity contribution < 1.29 is 14.4 Å². The normalized spacial score (nSPS) is 20.5. The number of rotatable bonds is 4. The second-order valence-corrected chi connectivity index (χ2v) is 12.2. The maximum atomic E-state index is 13.5. The molecular formula is C25H22BrN3O4S2. The van der Waals surface area contributed by atoms with Gasteiger partial charge in [-0.05, 0) is 48.9 Å². The maximum Gasteiger partial charge on any atom is 0.308 e. The highest BCUT2D eigenvalue weighted by atomic mass is 79.9. The molecule has 0 bridgehead atoms. The Morgan fingerprint density at radius 1 is 1.09 bits per heavy atom. The quantitative estimate of drug-likeness (QED) is 0.464. The number of aryl methyl sites for hydroxylation is 1. The van der Waals surface area contributed by atoms with Crippen molar-refractivity contribution in [2.24, 2.45) is 5.92 Å². The van der Waals surface area contributed by atoms with Crippen LogP contribution in [0.3, 0.4) is 0 Å². The van der Waals surface area contributed by atoms with Gasteiger partial charge < -0.3 is 5.32 Å². The Bertz CT molecular complexity index is 1430. The van der Waals surface area contributed by atoms with Crippen LogP contribution in [0.5, 0.6) is 0 Å². The van der Waals surface area contributed by atoms with Gasteiger partial charge in [-0.15, -0.1) is 0 Å². The first kappa shape index (κ1) is 24.0. The lowest BCUT2D eigenvalue weighted by molar-refractivity contribution is -0.123. The van der Waals surface area contributed by atoms with Crippen molar-refractivity contribution >= 4 is 68.1 Å². The summed E-state index contributed by atoms with van der Waals surface area (Å²) in [5.74, 6) is -1.51. The molecule has 3 amide bonds. The third-order valence-corrected chi connectivity index (χ3v) is 9.74. The van der Waals surface area contributed by atoms with E-state index in [9.17, 15) is 19.2 Å². The first-order valence-corrected chi connectivity index (χ1v) is 13.5. The lowest BCUT2D eigenvalue weighted by atomic mass is 9.76. The minimum Gasteiger partial charge on any atom is -0.325 e. The average Bonchev–Trinajstić information content (AvgIpc) is 3.24. The lowest BCUT2D eigenvalue weighted by Gasteiger charge is -2.36. The number of hydrogen-bond acceptors (Lipinski definition) is 6. The number of benzene rings is 2. The molecule has 1 aromatic heterocycles. The molecule has 2 atom stereocenters. The minimum atomic E-state index is -0.746. The fourth-order valence-electron chi connectivity index (χ4n) is 4.68. The Labute approximate surface area is 218 Å². The van der Waals surface area contributed by atoms with Crippen LogP contribution >= 0.6 is 39.0 Å². The maximum absolute atomic E-state index is 13.5. The summed E-state index contributed by atoms with van der Waals surface area (Å²) in [4.78, 5) is 54.4. The molecule has 35 heavy (non-hydrogen) atoms. The summed E-state index contributed by atoms with van der Waals surface area (Å²) in [6.07, 6.45) is 0. The van der Waals surface area contributed by atoms with Gasteiger partial charge in [-0.2, -0.15) is 0 Å². The molecule has 0 saturated carbocycles. The summed E-state index contributed by atoms with van der Waals surface area (Å²) in [7, 11) is 0. The Morgan fingerprint density at radius 3 is 2.49 bits per heavy atom. The summed E-state index contributed by atoms with van der Waals surface area (Å²) in [5.41, 5.74) is 1.44. The van der Waals surface area contributed by atoms with E-state index < -0.39 is 16.6 Å². The van der Waals surface area contributed by atoms with Crippen LogP contribution in [0.1, 0.15) is 24.3 Å². The number of thiazole rings is 1. The van der Waals surface area contributed by atoms with Crippen LogP contribution in [0.2, 0.25) is 0 Å². The zero-order valence-corrected chi connectivity index (χ0v) is 22.4. The topological polar surface area (TPSA) is 88.5 Å². The van der Waals surface area contributed by atoms with Crippen molar-refractivity contribution in [3.05, 3.63) is 73.1 Å². The third kappa shape index (κ3) is 4.07. The van der Waals surface area contributed by atoms with Gasteiger partial charge in [0.1, 0.15) is 11.8 Å². The largest absolute Gasteiger partial charge is 0.325 e. The van der Waals surface area contributed by atoms with E-state index in [-0.39, 0.29) is 29.1 Å². The minimum absolute atomic E-state index is 0.169. The second-order valence-electron chi connectivity index (χ2n) is 9.23. The van der Waals surface area contributed by atoms with E-state index in [0.717, 1.165) is 26.3 Å². The number of nitrogens with zero attached hydrogens (tertiary/aromatic N) is 2. The summed E-state index contributed by atoms with van der Waals surface area (Å²) in [6, 6.07) is 14.5. The number of aromatic nitrogens is 1. The molecule has 0 aliphatic carbocycles. The van der Waals surface area contributed by atoms with E-state index in [1.54, 1.807) is 30.3 Å². The summed E-state index contributed by atoms with van der Waals surface area (Å²) >= 11 is 5.64. The lowest BCUT2D eigenvalue weighted by Crippen LogP contribution is -2.41. The molecule has 0 spiro atoms. The van der Waals surface area contributed by atoms with Crippen molar-refractivity contribution in [3.63, 3.8) is 0 Å². The van der Waals surface area contributed by atoms with Crippen LogP contribution in [0.4, 0.5) is 11.4 Å². The van der Waals surface area contributed by atoms with Gasteiger partial charge in [-0.3, -0.25) is 23.7 Å². The Morgan fingerprint density at radius 2 is 1.80 bits per heavy atom. The molecule has 180 valence electrons. The molecule has 2 unspecified atom stereocenters. The van der Waals surface area contributed by atoms with Gasteiger partial charge in [0.2, 0.25) is 17.7 Å². The molecule has 1 saturated heterocycles. The number of carbonyl (C=O) groups is 3. The zero-order valence-electron chi connectivity index (χ0n) is 19.2. The molecule has 1 N–H and O–H groups in total. The molecule has 3 heterocycles. The van der Waals surface area contributed by atoms with E-state index >= 15 is 0 Å². The van der Waals surface area contributed by atoms with Gasteiger partial charge in [0.15, 0.2) is 0 Å². The van der Waals surface area contributed by atoms with Crippen molar-refractivity contribution in [3.8, 4) is 0 Å². The van der Waals surface area contributed by atoms with Gasteiger partial charge >= 0.3 is 4.87 Å². The number of nitrogens with one attached hydrogen (secondary N) is 1. The second kappa shape index (κ2) is 8.76. The molecule has 2 aromatic carbocycles. The molecule has 10 heteroatoms. The van der Waals surface area contributed by atoms with Crippen molar-refractivity contribution in [1.29, 1.82) is 0 Å². The zero-order chi connectivity index (χ0) is 25.1. The number of fused-ring (bicyclic) bond motifs is 2. The number of thioether (sulfide) groups is 1. The Balaban J connectivity index is 1.47. The predicted octanol–water partition coefficient (Wildman–Crippen LogP) is 4.56. The van der Waals surface area contributed by atoms with Gasteiger partial charge in [0.05, 0.1) is 16.6 Å². The van der Waals surface area contributed by atoms with E-state index in [1.807, 2.05) is 39.0 Å². The highest BCUT2D eigenvalue weighted by Crippen LogP contribution is 2.54. The smallest absolute Gasteiger partial charge is 0.308 e. The molecule has 0 radical (unpaired) electrons. The van der Waals surface area contributed by atoms with E-state index in [1.165, 1.54) is 21.2 Å². The molecule has 5 rings (SSSR count). The van der Waals surface area contributed by atoms with Crippen LogP contribution in [0, 0.1) is 12.8 Å². The van der Waals surface area contributed by atoms with Crippen molar-refractivity contribution in [2.75, 3.05) is 10.2 Å². The van der Waals surface area contributed by atoms with Crippen molar-refractivity contribution in [1.82, 2.24) is 4.57 Å². The molecule has 1 fully saturated rings. The van der Waals surface area contributed by atoms with Crippen molar-refractivity contribution in [2.45, 2.75) is 43.0 Å². The fourth-order valence-corrected chi connectivity index (χ4v) is 7.98. The highest BCUT2D eigenvalue weighted by Gasteiger charge is 2.59. The van der Waals surface area contributed by atoms with Gasteiger partial charge in [-0.1, -0.05) is 65.0 Å². The van der Waals surface area contributed by atoms with Crippen LogP contribution in [-0.4, -0.2) is 27.5 Å². The van der Waals surface area contributed by atoms with E-state index in [2.05, 4.69) is 21.2 Å². The Kier molecular flexibility index (Phi) is 6.01. The fraction of sp³-hybridized carbons (Fsp3) is 0.280. The van der Waals surface area contributed by atoms with Crippen LogP contribution in [-0.2, 0) is 26.3 Å². The highest BCUT2D eigenvalue weighted by molar-refractivity contribution is 9.10. The SMILES string of the molecule is Cc1cccc(NC(=O)Cn2c3c(sc2=O)C(C)(C)C2C(=O)N(c4ccc(Br)cc4)C(=O)C2S3)c1. The number of anilines is 2. The summed E-state index contributed by atoms with van der Waals surface area (Å²) in [5, 5.41) is 2.75. The molecule has 3 aromatic rings. The van der Waals surface area contributed by atoms with E-state index in [4.69, 9.17) is 0 Å². The number of hydrogen-bond donors (Lipinski definition) is 1. The summed E-state index contributed by atoms with van der Waals surface area (Å²) in [6.45, 7) is 5.55. The molecule has 2 aliphatic heterocycles. The first-order chi connectivity index (χ1) is 16.6. The van der Waals surface area contributed by atoms with Crippen LogP contribution in [0.15, 0.2) is 62.8 Å². The predicted molar refractivity (Wildman–Crippen MR) is 141 cm³/mol. The van der Waals surface area contributed by atoms with Gasteiger partial charge in [-0.25, -0.2) is 4.90 Å². The standard InChI is InChI=1S/C25H22BrN3O4S2/c1-13-5-4-6-15(11-13)27-17(30)12-28-23-20(35-24(28)33)25(2,3)18-19(34-23)22(32)29(21(18)31)16-9-7-14(26)8-10-16/h4-11,18-19H,12H2,1-3H3,(H,27,30). The van der Waals surface area contributed by atoms with E-state index in [0.29, 0.717) is 16.4 Å². The average molecular weight is 573 g/mol. The monoisotopic (exact) mass is 571 g/mol. The van der Waals surface area contributed by atoms with Crippen LogP contribution < -0.4 is 15.1 Å². The Hall–Kier alpha value is -2.69. The number of imide groups is 1. The third-order valence-electron chi connectivity index (χ3n) is 6.39.